The maximum Gasteiger partial charge on any atom is 0.319 e. The number of fused-ring (bicyclic) bond motifs is 4. The zero-order chi connectivity index (χ0) is 44.4. The van der Waals surface area contributed by atoms with Gasteiger partial charge in [-0.1, -0.05) is 53.5 Å². The Bertz CT molecular complexity index is 2620. The van der Waals surface area contributed by atoms with Crippen molar-refractivity contribution in [1.29, 1.82) is 0 Å². The minimum Gasteiger partial charge on any atom is -0.508 e. The molecule has 0 radical (unpaired) electrons. The minimum atomic E-state index is -2.39. The lowest BCUT2D eigenvalue weighted by molar-refractivity contribution is 0.0816. The number of phenols is 1. The first-order valence-corrected chi connectivity index (χ1v) is 24.0. The number of carbonyl (C=O) groups excluding carboxylic acids is 1. The highest BCUT2D eigenvalue weighted by Gasteiger charge is 2.45. The number of anilines is 1. The highest BCUT2D eigenvalue weighted by Crippen LogP contribution is 2.45. The van der Waals surface area contributed by atoms with Gasteiger partial charge in [0.15, 0.2) is 17.3 Å². The van der Waals surface area contributed by atoms with Gasteiger partial charge in [0.1, 0.15) is 43.4 Å². The second-order valence-corrected chi connectivity index (χ2v) is 24.0. The summed E-state index contributed by atoms with van der Waals surface area (Å²) in [6, 6.07) is 6.40. The smallest absolute Gasteiger partial charge is 0.319 e. The average Bonchev–Trinajstić information content (AvgIpc) is 3.84. The standard InChI is InChI=1S/C47H55F4N7O3Si/c1-27(2)62(28(3)4,29(5)6)21-14-32-35(48)13-12-30-22-31(59)23-33(38(30)32)39-36(49)24-34-42(41(39)51)52-46(61-26-47-15-9-18-57(47)19-10-16-47)53-44(34)56-17-11-20-58-37(25-56)40(50)43(54-58)45(60)55(7)8/h12-13,22-24,27-29,59H,9-11,15-20,25-26H2,1-8H3. The second kappa shape index (κ2) is 16.5. The summed E-state index contributed by atoms with van der Waals surface area (Å²) in [6.45, 7) is 15.5. The molecular weight excluding hydrogens is 815 g/mol. The highest BCUT2D eigenvalue weighted by atomic mass is 28.3. The van der Waals surface area contributed by atoms with Crippen LogP contribution in [0.1, 0.15) is 95.4 Å². The first-order chi connectivity index (χ1) is 29.5. The van der Waals surface area contributed by atoms with E-state index in [1.165, 1.54) is 47.9 Å². The summed E-state index contributed by atoms with van der Waals surface area (Å²) in [5.41, 5.74) is 3.03. The number of ether oxygens (including phenoxy) is 1. The molecule has 8 rings (SSSR count). The van der Waals surface area contributed by atoms with Gasteiger partial charge in [0.2, 0.25) is 0 Å². The maximum absolute atomic E-state index is 17.7. The molecule has 0 spiro atoms. The Morgan fingerprint density at radius 3 is 2.26 bits per heavy atom. The lowest BCUT2D eigenvalue weighted by atomic mass is 9.92. The number of halogens is 4. The minimum absolute atomic E-state index is 0.00474. The fourth-order valence-electron chi connectivity index (χ4n) is 10.7. The molecule has 15 heteroatoms. The monoisotopic (exact) mass is 869 g/mol. The third-order valence-corrected chi connectivity index (χ3v) is 20.0. The molecule has 0 aliphatic carbocycles. The van der Waals surface area contributed by atoms with Crippen LogP contribution in [-0.2, 0) is 13.1 Å². The summed E-state index contributed by atoms with van der Waals surface area (Å²) in [7, 11) is 0.642. The number of aromatic hydroxyl groups is 1. The van der Waals surface area contributed by atoms with E-state index in [9.17, 15) is 9.90 Å². The number of nitrogens with zero attached hydrogens (tertiary/aromatic N) is 7. The predicted molar refractivity (Wildman–Crippen MR) is 236 cm³/mol. The number of benzene rings is 3. The van der Waals surface area contributed by atoms with Gasteiger partial charge in [0, 0.05) is 43.5 Å². The van der Waals surface area contributed by atoms with Gasteiger partial charge in [-0.25, -0.2) is 17.6 Å². The van der Waals surface area contributed by atoms with Crippen LogP contribution in [0.4, 0.5) is 23.4 Å². The van der Waals surface area contributed by atoms with E-state index < -0.39 is 42.8 Å². The van der Waals surface area contributed by atoms with Crippen molar-refractivity contribution in [3.05, 3.63) is 70.6 Å². The van der Waals surface area contributed by atoms with Gasteiger partial charge >= 0.3 is 6.01 Å². The SMILES string of the molecule is CC(C)[Si](C#Cc1c(F)ccc2cc(O)cc(-c3c(F)cc4c(N5CCCn6nc(C(=O)N(C)C)c(F)c6C5)nc(OCC56CCCN5CCC6)nc4c3F)c12)(C(C)C)C(C)C. The van der Waals surface area contributed by atoms with Crippen LogP contribution >= 0.6 is 0 Å². The van der Waals surface area contributed by atoms with Crippen molar-refractivity contribution < 1.29 is 32.2 Å². The van der Waals surface area contributed by atoms with Gasteiger partial charge in [-0.15, -0.1) is 5.54 Å². The number of amides is 1. The van der Waals surface area contributed by atoms with Crippen LogP contribution in [0.3, 0.4) is 0 Å². The van der Waals surface area contributed by atoms with E-state index in [1.54, 1.807) is 4.90 Å². The summed E-state index contributed by atoms with van der Waals surface area (Å²) in [6.07, 6.45) is 4.36. The van der Waals surface area contributed by atoms with Crippen molar-refractivity contribution in [2.75, 3.05) is 45.2 Å². The van der Waals surface area contributed by atoms with Gasteiger partial charge in [-0.2, -0.15) is 15.1 Å². The molecular formula is C47H55F4N7O3Si. The van der Waals surface area contributed by atoms with Crippen LogP contribution in [0.15, 0.2) is 30.3 Å². The summed E-state index contributed by atoms with van der Waals surface area (Å²) >= 11 is 0. The Labute approximate surface area is 361 Å². The van der Waals surface area contributed by atoms with Gasteiger partial charge < -0.3 is 19.6 Å². The molecule has 3 aromatic carbocycles. The maximum atomic E-state index is 17.7. The third-order valence-electron chi connectivity index (χ3n) is 13.8. The molecule has 0 bridgehead atoms. The number of hydrogen-bond donors (Lipinski definition) is 1. The first kappa shape index (κ1) is 43.4. The zero-order valence-corrected chi connectivity index (χ0v) is 37.8. The van der Waals surface area contributed by atoms with Gasteiger partial charge in [-0.05, 0) is 91.5 Å². The van der Waals surface area contributed by atoms with E-state index in [0.29, 0.717) is 24.9 Å². The lowest BCUT2D eigenvalue weighted by Crippen LogP contribution is -2.43. The Morgan fingerprint density at radius 1 is 0.903 bits per heavy atom. The van der Waals surface area contributed by atoms with Crippen molar-refractivity contribution in [3.8, 4) is 34.4 Å². The predicted octanol–water partition coefficient (Wildman–Crippen LogP) is 9.60. The van der Waals surface area contributed by atoms with Crippen LogP contribution in [0.2, 0.25) is 16.6 Å². The van der Waals surface area contributed by atoms with Gasteiger partial charge in [-0.3, -0.25) is 14.4 Å². The quantitative estimate of drug-likeness (QED) is 0.0889. The van der Waals surface area contributed by atoms with Crippen LogP contribution < -0.4 is 9.64 Å². The fraction of sp³-hybridized carbons (Fsp3) is 0.489. The Hall–Kier alpha value is -5.20. The lowest BCUT2D eigenvalue weighted by Gasteiger charge is -2.38. The summed E-state index contributed by atoms with van der Waals surface area (Å²) in [5, 5.41) is 15.9. The number of hydrogen-bond acceptors (Lipinski definition) is 8. The van der Waals surface area contributed by atoms with Crippen LogP contribution in [-0.4, -0.2) is 94.5 Å². The molecule has 62 heavy (non-hydrogen) atoms. The molecule has 1 N–H and O–H groups in total. The summed E-state index contributed by atoms with van der Waals surface area (Å²) in [5.74, 6) is -1.03. The van der Waals surface area contributed by atoms with Gasteiger partial charge in [0.05, 0.1) is 28.9 Å². The molecule has 0 unspecified atom stereocenters. The second-order valence-electron chi connectivity index (χ2n) is 18.4. The van der Waals surface area contributed by atoms with E-state index in [1.807, 2.05) is 0 Å². The Kier molecular flexibility index (Phi) is 11.6. The topological polar surface area (TPSA) is 99.9 Å². The normalized spacial score (nSPS) is 16.6. The molecule has 3 aliphatic heterocycles. The highest BCUT2D eigenvalue weighted by molar-refractivity contribution is 6.90. The van der Waals surface area contributed by atoms with E-state index in [4.69, 9.17) is 9.72 Å². The van der Waals surface area contributed by atoms with Crippen LogP contribution in [0.5, 0.6) is 11.8 Å². The zero-order valence-electron chi connectivity index (χ0n) is 36.8. The Morgan fingerprint density at radius 2 is 1.60 bits per heavy atom. The molecule has 2 aromatic heterocycles. The average molecular weight is 870 g/mol. The third kappa shape index (κ3) is 7.26. The molecule has 2 fully saturated rings. The molecule has 328 valence electrons. The van der Waals surface area contributed by atoms with E-state index in [0.717, 1.165) is 44.8 Å². The van der Waals surface area contributed by atoms with Crippen molar-refractivity contribution >= 4 is 41.5 Å². The largest absolute Gasteiger partial charge is 0.508 e. The number of aromatic nitrogens is 4. The van der Waals surface area contributed by atoms with E-state index in [-0.39, 0.29) is 91.7 Å². The number of phenolic OH excluding ortho intramolecular Hbond substituents is 1. The number of rotatable bonds is 9. The van der Waals surface area contributed by atoms with E-state index >= 15 is 17.6 Å². The fourth-order valence-corrected chi connectivity index (χ4v) is 15.9. The van der Waals surface area contributed by atoms with Crippen molar-refractivity contribution in [1.82, 2.24) is 29.5 Å². The first-order valence-electron chi connectivity index (χ1n) is 21.8. The van der Waals surface area contributed by atoms with E-state index in [2.05, 4.69) is 68.0 Å². The van der Waals surface area contributed by atoms with Crippen molar-refractivity contribution in [2.24, 2.45) is 0 Å². The molecule has 0 atom stereocenters. The number of aryl methyl sites for hydroxylation is 1. The molecule has 2 saturated heterocycles. The Balaban J connectivity index is 1.33. The van der Waals surface area contributed by atoms with Crippen LogP contribution in [0, 0.1) is 34.7 Å². The summed E-state index contributed by atoms with van der Waals surface area (Å²) < 4.78 is 74.9. The van der Waals surface area contributed by atoms with Crippen molar-refractivity contribution in [3.63, 3.8) is 0 Å². The molecule has 0 saturated carbocycles. The van der Waals surface area contributed by atoms with Crippen LogP contribution in [0.25, 0.3) is 32.8 Å². The molecule has 3 aliphatic rings. The van der Waals surface area contributed by atoms with Crippen molar-refractivity contribution in [2.45, 2.75) is 109 Å². The summed E-state index contributed by atoms with van der Waals surface area (Å²) in [4.78, 5) is 27.6. The number of carbonyl (C=O) groups is 1. The molecule has 5 heterocycles. The molecule has 1 amide bonds. The molecule has 10 nitrogen and oxygen atoms in total. The van der Waals surface area contributed by atoms with Gasteiger partial charge in [0.25, 0.3) is 5.91 Å². The molecule has 5 aromatic rings.